The highest BCUT2D eigenvalue weighted by molar-refractivity contribution is 6.17. The summed E-state index contributed by atoms with van der Waals surface area (Å²) >= 11 is 0. The molecular weight excluding hydrogens is 448 g/mol. The van der Waals surface area contributed by atoms with Crippen LogP contribution in [0, 0.1) is 0 Å². The first-order valence-electron chi connectivity index (χ1n) is 12.0. The Hall–Kier alpha value is -4.43. The molecule has 1 saturated heterocycles. The standard InChI is InChI=1S/C28H24N8/c1-35(2)15-17-10-20(14-30-12-17)18-5-6-23-22(11-18)26(32-24-16-36(23)24)28-33-25-21(7-9-31-27(25)34-28)19-4-3-8-29-13-19/h3-14,24H,15-16H2,1-2H3,(H,31,33,34). The molecule has 8 heteroatoms. The smallest absolute Gasteiger partial charge is 0.178 e. The van der Waals surface area contributed by atoms with Gasteiger partial charge in [-0.15, -0.1) is 0 Å². The van der Waals surface area contributed by atoms with Gasteiger partial charge in [0.15, 0.2) is 11.5 Å². The summed E-state index contributed by atoms with van der Waals surface area (Å²) in [5.41, 5.74) is 10.1. The summed E-state index contributed by atoms with van der Waals surface area (Å²) in [5, 5.41) is 0. The van der Waals surface area contributed by atoms with Crippen molar-refractivity contribution >= 4 is 22.6 Å². The van der Waals surface area contributed by atoms with Crippen LogP contribution in [0.5, 0.6) is 0 Å². The van der Waals surface area contributed by atoms with Gasteiger partial charge in [0.1, 0.15) is 11.9 Å². The molecule has 0 bridgehead atoms. The lowest BCUT2D eigenvalue weighted by molar-refractivity contribution is 0.402. The lowest BCUT2D eigenvalue weighted by atomic mass is 9.98. The van der Waals surface area contributed by atoms with E-state index in [4.69, 9.17) is 9.98 Å². The minimum Gasteiger partial charge on any atom is -0.344 e. The van der Waals surface area contributed by atoms with E-state index < -0.39 is 0 Å². The number of nitrogens with zero attached hydrogens (tertiary/aromatic N) is 7. The lowest BCUT2D eigenvalue weighted by Gasteiger charge is -2.18. The number of anilines is 1. The molecular formula is C28H24N8. The fourth-order valence-corrected chi connectivity index (χ4v) is 4.94. The maximum absolute atomic E-state index is 5.04. The van der Waals surface area contributed by atoms with Gasteiger partial charge in [-0.1, -0.05) is 12.1 Å². The van der Waals surface area contributed by atoms with E-state index in [0.29, 0.717) is 5.65 Å². The summed E-state index contributed by atoms with van der Waals surface area (Å²) in [5.74, 6) is 0.735. The number of hydrogen-bond acceptors (Lipinski definition) is 7. The number of pyridine rings is 3. The van der Waals surface area contributed by atoms with Crippen LogP contribution in [0.2, 0.25) is 0 Å². The molecule has 36 heavy (non-hydrogen) atoms. The van der Waals surface area contributed by atoms with E-state index >= 15 is 0 Å². The fraction of sp³-hybridized carbons (Fsp3) is 0.179. The summed E-state index contributed by atoms with van der Waals surface area (Å²) in [6.07, 6.45) is 9.44. The van der Waals surface area contributed by atoms with Crippen LogP contribution in [0.3, 0.4) is 0 Å². The molecule has 1 N–H and O–H groups in total. The van der Waals surface area contributed by atoms with Crippen molar-refractivity contribution in [2.45, 2.75) is 12.7 Å². The average Bonchev–Trinajstić information content (AvgIpc) is 3.56. The van der Waals surface area contributed by atoms with Crippen molar-refractivity contribution < 1.29 is 0 Å². The van der Waals surface area contributed by atoms with Crippen molar-refractivity contribution in [3.63, 3.8) is 0 Å². The first-order chi connectivity index (χ1) is 17.6. The topological polar surface area (TPSA) is 86.0 Å². The molecule has 0 saturated carbocycles. The van der Waals surface area contributed by atoms with E-state index in [9.17, 15) is 0 Å². The Morgan fingerprint density at radius 2 is 1.86 bits per heavy atom. The van der Waals surface area contributed by atoms with Crippen molar-refractivity contribution in [2.24, 2.45) is 4.99 Å². The number of aromatic amines is 1. The van der Waals surface area contributed by atoms with Crippen molar-refractivity contribution in [1.82, 2.24) is 29.8 Å². The van der Waals surface area contributed by atoms with Gasteiger partial charge in [-0.05, 0) is 55.6 Å². The van der Waals surface area contributed by atoms with Crippen molar-refractivity contribution in [2.75, 3.05) is 25.5 Å². The van der Waals surface area contributed by atoms with Crippen LogP contribution in [0.25, 0.3) is 33.4 Å². The maximum atomic E-state index is 5.04. The second-order valence-corrected chi connectivity index (χ2v) is 9.55. The Labute approximate surface area is 208 Å². The van der Waals surface area contributed by atoms with Gasteiger partial charge in [0.2, 0.25) is 0 Å². The third-order valence-electron chi connectivity index (χ3n) is 6.64. The number of H-pyrrole nitrogens is 1. The lowest BCUT2D eigenvalue weighted by Crippen LogP contribution is -2.17. The molecule has 0 radical (unpaired) electrons. The zero-order valence-electron chi connectivity index (χ0n) is 20.1. The van der Waals surface area contributed by atoms with Crippen LogP contribution in [0.15, 0.2) is 78.4 Å². The van der Waals surface area contributed by atoms with Crippen LogP contribution in [0.1, 0.15) is 17.0 Å². The Kier molecular flexibility index (Phi) is 4.68. The van der Waals surface area contributed by atoms with Crippen molar-refractivity contribution in [1.29, 1.82) is 0 Å². The Balaban J connectivity index is 1.33. The van der Waals surface area contributed by atoms with Gasteiger partial charge < -0.3 is 14.8 Å². The van der Waals surface area contributed by atoms with E-state index in [1.165, 1.54) is 11.3 Å². The predicted octanol–water partition coefficient (Wildman–Crippen LogP) is 4.14. The predicted molar refractivity (Wildman–Crippen MR) is 141 cm³/mol. The largest absolute Gasteiger partial charge is 0.344 e. The second kappa shape index (κ2) is 8.07. The zero-order chi connectivity index (χ0) is 24.2. The SMILES string of the molecule is CN(C)Cc1cncc(-c2ccc3c(c2)C(c2nc4nccc(-c5cccnc5)c4[nH]2)=NC2CN32)c1. The Morgan fingerprint density at radius 1 is 0.944 bits per heavy atom. The minimum absolute atomic E-state index is 0.169. The van der Waals surface area contributed by atoms with Crippen LogP contribution in [0.4, 0.5) is 5.69 Å². The summed E-state index contributed by atoms with van der Waals surface area (Å²) < 4.78 is 0. The first kappa shape index (κ1) is 20.9. The molecule has 0 amide bonds. The number of benzene rings is 1. The van der Waals surface area contributed by atoms with Gasteiger partial charge in [0.25, 0.3) is 0 Å². The van der Waals surface area contributed by atoms with Crippen LogP contribution < -0.4 is 4.90 Å². The number of nitrogens with one attached hydrogen (secondary N) is 1. The third kappa shape index (κ3) is 3.54. The molecule has 0 aliphatic carbocycles. The first-order valence-corrected chi connectivity index (χ1v) is 12.0. The summed E-state index contributed by atoms with van der Waals surface area (Å²) in [6, 6.07) is 14.8. The molecule has 6 heterocycles. The third-order valence-corrected chi connectivity index (χ3v) is 6.64. The average molecular weight is 473 g/mol. The molecule has 1 unspecified atom stereocenters. The van der Waals surface area contributed by atoms with E-state index in [2.05, 4.69) is 68.1 Å². The second-order valence-electron chi connectivity index (χ2n) is 9.55. The molecule has 8 nitrogen and oxygen atoms in total. The van der Waals surface area contributed by atoms with Crippen molar-refractivity contribution in [3.05, 3.63) is 90.4 Å². The van der Waals surface area contributed by atoms with Gasteiger partial charge in [-0.25, -0.2) is 9.97 Å². The van der Waals surface area contributed by atoms with Gasteiger partial charge in [0, 0.05) is 65.5 Å². The molecule has 0 spiro atoms. The Bertz CT molecular complexity index is 1640. The molecule has 7 rings (SSSR count). The highest BCUT2D eigenvalue weighted by Crippen LogP contribution is 2.40. The van der Waals surface area contributed by atoms with E-state index in [-0.39, 0.29) is 6.17 Å². The van der Waals surface area contributed by atoms with Crippen LogP contribution in [-0.2, 0) is 6.54 Å². The highest BCUT2D eigenvalue weighted by atomic mass is 15.4. The molecule has 1 atom stereocenters. The van der Waals surface area contributed by atoms with E-state index in [1.54, 1.807) is 12.4 Å². The molecule has 2 aliphatic heterocycles. The zero-order valence-corrected chi connectivity index (χ0v) is 20.1. The van der Waals surface area contributed by atoms with E-state index in [1.807, 2.05) is 36.8 Å². The van der Waals surface area contributed by atoms with E-state index in [0.717, 1.165) is 58.0 Å². The number of rotatable bonds is 5. The van der Waals surface area contributed by atoms with Gasteiger partial charge in [-0.3, -0.25) is 15.0 Å². The van der Waals surface area contributed by atoms with Gasteiger partial charge >= 0.3 is 0 Å². The normalized spacial score (nSPS) is 16.1. The van der Waals surface area contributed by atoms with Crippen LogP contribution >= 0.6 is 0 Å². The summed E-state index contributed by atoms with van der Waals surface area (Å²) in [6.45, 7) is 1.77. The van der Waals surface area contributed by atoms with Gasteiger partial charge in [-0.2, -0.15) is 0 Å². The summed E-state index contributed by atoms with van der Waals surface area (Å²) in [7, 11) is 4.13. The minimum atomic E-state index is 0.169. The number of aliphatic imine (C=N–C) groups is 1. The highest BCUT2D eigenvalue weighted by Gasteiger charge is 2.41. The van der Waals surface area contributed by atoms with Gasteiger partial charge in [0.05, 0.1) is 12.1 Å². The fourth-order valence-electron chi connectivity index (χ4n) is 4.94. The molecule has 1 fully saturated rings. The molecule has 176 valence electrons. The molecule has 2 aliphatic rings. The number of hydrogen-bond donors (Lipinski definition) is 1. The number of fused-ring (bicyclic) bond motifs is 4. The summed E-state index contributed by atoms with van der Waals surface area (Å²) in [4.78, 5) is 31.2. The quantitative estimate of drug-likeness (QED) is 0.387. The Morgan fingerprint density at radius 3 is 2.72 bits per heavy atom. The van der Waals surface area contributed by atoms with Crippen LogP contribution in [-0.4, -0.2) is 62.3 Å². The van der Waals surface area contributed by atoms with Crippen molar-refractivity contribution in [3.8, 4) is 22.3 Å². The monoisotopic (exact) mass is 472 g/mol. The molecule has 5 aromatic rings. The molecule has 4 aromatic heterocycles. The maximum Gasteiger partial charge on any atom is 0.178 e. The number of aromatic nitrogens is 5. The molecule has 1 aromatic carbocycles. The number of imidazole rings is 1.